The van der Waals surface area contributed by atoms with Crippen molar-refractivity contribution in [3.8, 4) is 0 Å². The van der Waals surface area contributed by atoms with Crippen LogP contribution in [-0.4, -0.2) is 31.9 Å². The number of rotatable bonds is 7. The predicted octanol–water partition coefficient (Wildman–Crippen LogP) is 2.09. The topological polar surface area (TPSA) is 21.7 Å². The number of benzene rings is 1. The lowest BCUT2D eigenvalue weighted by Crippen LogP contribution is -2.21. The molecule has 15 heavy (non-hydrogen) atoms. The third-order valence-corrected chi connectivity index (χ3v) is 1.99. The lowest BCUT2D eigenvalue weighted by atomic mass is 10.2. The maximum atomic E-state index is 5.46. The Morgan fingerprint density at radius 2 is 1.87 bits per heavy atom. The van der Waals surface area contributed by atoms with Gasteiger partial charge in [-0.3, -0.25) is 4.84 Å². The Bertz CT molecular complexity index is 251. The van der Waals surface area contributed by atoms with E-state index < -0.39 is 0 Å². The molecular formula is C12H19NO2. The summed E-state index contributed by atoms with van der Waals surface area (Å²) < 4.78 is 5.18. The fraction of sp³-hybridized carbons (Fsp3) is 0.500. The first-order chi connectivity index (χ1) is 7.33. The van der Waals surface area contributed by atoms with Crippen molar-refractivity contribution >= 4 is 0 Å². The molecule has 1 aromatic carbocycles. The largest absolute Gasteiger partial charge is 0.379 e. The zero-order valence-electron chi connectivity index (χ0n) is 9.48. The second-order valence-electron chi connectivity index (χ2n) is 3.30. The molecule has 0 atom stereocenters. The molecule has 0 spiro atoms. The minimum atomic E-state index is 0.608. The molecule has 0 bridgehead atoms. The maximum Gasteiger partial charge on any atom is 0.0918 e. The van der Waals surface area contributed by atoms with E-state index in [1.54, 1.807) is 0 Å². The van der Waals surface area contributed by atoms with Crippen molar-refractivity contribution in [2.24, 2.45) is 0 Å². The second-order valence-corrected chi connectivity index (χ2v) is 3.30. The van der Waals surface area contributed by atoms with Crippen molar-refractivity contribution in [2.75, 3.05) is 26.9 Å². The van der Waals surface area contributed by atoms with Gasteiger partial charge in [-0.25, -0.2) is 0 Å². The number of hydrogen-bond acceptors (Lipinski definition) is 3. The summed E-state index contributed by atoms with van der Waals surface area (Å²) in [5.74, 6) is 0. The molecule has 0 unspecified atom stereocenters. The fourth-order valence-corrected chi connectivity index (χ4v) is 1.28. The third kappa shape index (κ3) is 5.52. The number of hydrogen-bond donors (Lipinski definition) is 0. The SMILES string of the molecule is CCOCCON(C)Cc1ccccc1. The Morgan fingerprint density at radius 3 is 2.53 bits per heavy atom. The van der Waals surface area contributed by atoms with Gasteiger partial charge in [0.05, 0.1) is 13.2 Å². The predicted molar refractivity (Wildman–Crippen MR) is 60.4 cm³/mol. The minimum absolute atomic E-state index is 0.608. The number of hydroxylamine groups is 2. The van der Waals surface area contributed by atoms with Gasteiger partial charge < -0.3 is 4.74 Å². The summed E-state index contributed by atoms with van der Waals surface area (Å²) in [6, 6.07) is 10.2. The molecule has 0 fully saturated rings. The first kappa shape index (κ1) is 12.2. The van der Waals surface area contributed by atoms with Crippen LogP contribution in [0.5, 0.6) is 0 Å². The van der Waals surface area contributed by atoms with E-state index in [1.807, 2.05) is 37.2 Å². The van der Waals surface area contributed by atoms with E-state index in [2.05, 4.69) is 12.1 Å². The van der Waals surface area contributed by atoms with Gasteiger partial charge in [-0.05, 0) is 12.5 Å². The molecule has 0 saturated heterocycles. The molecule has 0 aliphatic carbocycles. The zero-order chi connectivity index (χ0) is 10.9. The molecule has 3 nitrogen and oxygen atoms in total. The molecule has 1 rings (SSSR count). The van der Waals surface area contributed by atoms with Crippen LogP contribution in [0.3, 0.4) is 0 Å². The van der Waals surface area contributed by atoms with Crippen LogP contribution in [0.2, 0.25) is 0 Å². The van der Waals surface area contributed by atoms with Gasteiger partial charge in [0.15, 0.2) is 0 Å². The highest BCUT2D eigenvalue weighted by molar-refractivity contribution is 5.13. The van der Waals surface area contributed by atoms with Gasteiger partial charge in [0.1, 0.15) is 0 Å². The lowest BCUT2D eigenvalue weighted by Gasteiger charge is -2.16. The smallest absolute Gasteiger partial charge is 0.0918 e. The minimum Gasteiger partial charge on any atom is -0.379 e. The van der Waals surface area contributed by atoms with Gasteiger partial charge in [0.25, 0.3) is 0 Å². The Balaban J connectivity index is 2.16. The quantitative estimate of drug-likeness (QED) is 0.507. The zero-order valence-corrected chi connectivity index (χ0v) is 9.48. The van der Waals surface area contributed by atoms with Crippen LogP contribution >= 0.6 is 0 Å². The summed E-state index contributed by atoms with van der Waals surface area (Å²) in [6.45, 7) is 4.78. The van der Waals surface area contributed by atoms with Crippen LogP contribution in [0.4, 0.5) is 0 Å². The summed E-state index contributed by atoms with van der Waals surface area (Å²) in [4.78, 5) is 5.46. The lowest BCUT2D eigenvalue weighted by molar-refractivity contribution is -0.158. The van der Waals surface area contributed by atoms with Gasteiger partial charge in [-0.15, -0.1) is 0 Å². The number of nitrogens with zero attached hydrogens (tertiary/aromatic N) is 1. The molecule has 0 radical (unpaired) electrons. The summed E-state index contributed by atoms with van der Waals surface area (Å²) in [5, 5.41) is 1.83. The average Bonchev–Trinajstić information content (AvgIpc) is 2.26. The first-order valence-electron chi connectivity index (χ1n) is 5.28. The van der Waals surface area contributed by atoms with Crippen LogP contribution in [0.15, 0.2) is 30.3 Å². The van der Waals surface area contributed by atoms with Gasteiger partial charge in [0.2, 0.25) is 0 Å². The summed E-state index contributed by atoms with van der Waals surface area (Å²) in [5.41, 5.74) is 1.25. The van der Waals surface area contributed by atoms with E-state index in [1.165, 1.54) is 5.56 Å². The van der Waals surface area contributed by atoms with E-state index >= 15 is 0 Å². The van der Waals surface area contributed by atoms with Crippen LogP contribution in [0, 0.1) is 0 Å². The third-order valence-electron chi connectivity index (χ3n) is 1.99. The Morgan fingerprint density at radius 1 is 1.13 bits per heavy atom. The van der Waals surface area contributed by atoms with Crippen molar-refractivity contribution in [1.29, 1.82) is 0 Å². The van der Waals surface area contributed by atoms with Gasteiger partial charge in [-0.1, -0.05) is 30.3 Å². The molecule has 0 aliphatic heterocycles. The standard InChI is InChI=1S/C12H19NO2/c1-3-14-9-10-15-13(2)11-12-7-5-4-6-8-12/h4-8H,3,9-11H2,1-2H3. The highest BCUT2D eigenvalue weighted by Gasteiger charge is 1.99. The molecule has 0 saturated carbocycles. The first-order valence-corrected chi connectivity index (χ1v) is 5.28. The van der Waals surface area contributed by atoms with Crippen molar-refractivity contribution < 1.29 is 9.57 Å². The van der Waals surface area contributed by atoms with Crippen molar-refractivity contribution in [2.45, 2.75) is 13.5 Å². The highest BCUT2D eigenvalue weighted by Crippen LogP contribution is 2.02. The second kappa shape index (κ2) is 7.40. The molecule has 0 amide bonds. The van der Waals surface area contributed by atoms with E-state index in [4.69, 9.17) is 9.57 Å². The number of ether oxygens (including phenoxy) is 1. The highest BCUT2D eigenvalue weighted by atomic mass is 16.7. The Hall–Kier alpha value is -0.900. The molecule has 84 valence electrons. The molecule has 0 N–H and O–H groups in total. The van der Waals surface area contributed by atoms with Gasteiger partial charge in [0, 0.05) is 20.2 Å². The average molecular weight is 209 g/mol. The van der Waals surface area contributed by atoms with Crippen molar-refractivity contribution in [1.82, 2.24) is 5.06 Å². The summed E-state index contributed by atoms with van der Waals surface area (Å²) in [6.07, 6.45) is 0. The van der Waals surface area contributed by atoms with E-state index in [0.29, 0.717) is 13.2 Å². The van der Waals surface area contributed by atoms with Crippen LogP contribution in [0.1, 0.15) is 12.5 Å². The van der Waals surface area contributed by atoms with Gasteiger partial charge >= 0.3 is 0 Å². The Kier molecular flexibility index (Phi) is 6.00. The van der Waals surface area contributed by atoms with E-state index in [9.17, 15) is 0 Å². The molecule has 3 heteroatoms. The Labute approximate surface area is 91.6 Å². The van der Waals surface area contributed by atoms with Crippen LogP contribution in [0.25, 0.3) is 0 Å². The van der Waals surface area contributed by atoms with E-state index in [0.717, 1.165) is 13.2 Å². The molecular weight excluding hydrogens is 190 g/mol. The van der Waals surface area contributed by atoms with Gasteiger partial charge in [-0.2, -0.15) is 5.06 Å². The molecule has 1 aromatic rings. The molecule has 0 heterocycles. The molecule has 0 aliphatic rings. The van der Waals surface area contributed by atoms with Crippen molar-refractivity contribution in [3.05, 3.63) is 35.9 Å². The monoisotopic (exact) mass is 209 g/mol. The summed E-state index contributed by atoms with van der Waals surface area (Å²) >= 11 is 0. The fourth-order valence-electron chi connectivity index (χ4n) is 1.28. The normalized spacial score (nSPS) is 10.9. The van der Waals surface area contributed by atoms with Crippen LogP contribution in [-0.2, 0) is 16.1 Å². The van der Waals surface area contributed by atoms with Crippen molar-refractivity contribution in [3.63, 3.8) is 0 Å². The molecule has 0 aromatic heterocycles. The maximum absolute atomic E-state index is 5.46. The van der Waals surface area contributed by atoms with E-state index in [-0.39, 0.29) is 0 Å². The summed E-state index contributed by atoms with van der Waals surface area (Å²) in [7, 11) is 1.93. The van der Waals surface area contributed by atoms with Crippen LogP contribution < -0.4 is 0 Å².